The monoisotopic (exact) mass is 262 g/mol. The summed E-state index contributed by atoms with van der Waals surface area (Å²) in [5, 5.41) is 9.49. The number of carboxylic acid groups (broad SMARTS) is 1. The van der Waals surface area contributed by atoms with E-state index in [4.69, 9.17) is 14.3 Å². The zero-order valence-electron chi connectivity index (χ0n) is 10.7. The molecule has 0 saturated heterocycles. The van der Waals surface area contributed by atoms with Gasteiger partial charge in [0.05, 0.1) is 6.10 Å². The van der Waals surface area contributed by atoms with Gasteiger partial charge in [0.15, 0.2) is 0 Å². The van der Waals surface area contributed by atoms with Crippen molar-refractivity contribution in [2.24, 2.45) is 0 Å². The van der Waals surface area contributed by atoms with Gasteiger partial charge < -0.3 is 14.3 Å². The van der Waals surface area contributed by atoms with Gasteiger partial charge in [0.2, 0.25) is 0 Å². The molecule has 0 radical (unpaired) electrons. The number of hydrogen-bond acceptors (Lipinski definition) is 4. The molecular formula is C14H14O5. The van der Waals surface area contributed by atoms with Crippen LogP contribution in [0, 0.1) is 0 Å². The quantitative estimate of drug-likeness (QED) is 0.853. The molecule has 1 heterocycles. The highest BCUT2D eigenvalue weighted by atomic mass is 16.5. The highest BCUT2D eigenvalue weighted by molar-refractivity contribution is 5.92. The molecule has 1 unspecified atom stereocenters. The van der Waals surface area contributed by atoms with E-state index in [0.717, 1.165) is 5.56 Å². The lowest BCUT2D eigenvalue weighted by Gasteiger charge is -2.10. The highest BCUT2D eigenvalue weighted by Crippen LogP contribution is 2.20. The van der Waals surface area contributed by atoms with Gasteiger partial charge in [-0.2, -0.15) is 0 Å². The Morgan fingerprint density at radius 3 is 2.84 bits per heavy atom. The topological polar surface area (TPSA) is 76.7 Å². The number of carbonyl (C=O) groups is 1. The van der Waals surface area contributed by atoms with Crippen LogP contribution >= 0.6 is 0 Å². The predicted octanol–water partition coefficient (Wildman–Crippen LogP) is 2.07. The maximum absolute atomic E-state index is 11.6. The summed E-state index contributed by atoms with van der Waals surface area (Å²) in [6.07, 6.45) is 0.568. The third-order valence-electron chi connectivity index (χ3n) is 2.98. The van der Waals surface area contributed by atoms with E-state index in [-0.39, 0.29) is 11.7 Å². The number of rotatable bonds is 4. The van der Waals surface area contributed by atoms with E-state index in [9.17, 15) is 9.59 Å². The molecule has 100 valence electrons. The Bertz CT molecular complexity index is 671. The first-order valence-electron chi connectivity index (χ1n) is 5.84. The lowest BCUT2D eigenvalue weighted by Crippen LogP contribution is -2.14. The largest absolute Gasteiger partial charge is 0.477 e. The van der Waals surface area contributed by atoms with E-state index in [1.54, 1.807) is 19.2 Å². The smallest absolute Gasteiger partial charge is 0.351 e. The maximum atomic E-state index is 11.6. The van der Waals surface area contributed by atoms with Crippen LogP contribution in [0.4, 0.5) is 0 Å². The summed E-state index contributed by atoms with van der Waals surface area (Å²) >= 11 is 0. The highest BCUT2D eigenvalue weighted by Gasteiger charge is 2.14. The summed E-state index contributed by atoms with van der Waals surface area (Å²) in [6, 6.07) is 6.68. The van der Waals surface area contributed by atoms with Crippen LogP contribution in [0.5, 0.6) is 0 Å². The molecule has 0 aliphatic heterocycles. The van der Waals surface area contributed by atoms with E-state index in [2.05, 4.69) is 0 Å². The van der Waals surface area contributed by atoms with E-state index >= 15 is 0 Å². The van der Waals surface area contributed by atoms with Crippen LogP contribution in [0.15, 0.2) is 33.5 Å². The summed E-state index contributed by atoms with van der Waals surface area (Å²) in [4.78, 5) is 22.5. The van der Waals surface area contributed by atoms with E-state index in [1.165, 1.54) is 6.07 Å². The second-order valence-electron chi connectivity index (χ2n) is 4.34. The van der Waals surface area contributed by atoms with Crippen molar-refractivity contribution in [1.82, 2.24) is 0 Å². The van der Waals surface area contributed by atoms with Crippen LogP contribution in [-0.2, 0) is 11.2 Å². The second-order valence-corrected chi connectivity index (χ2v) is 4.34. The van der Waals surface area contributed by atoms with Crippen molar-refractivity contribution in [3.63, 3.8) is 0 Å². The fourth-order valence-corrected chi connectivity index (χ4v) is 1.91. The predicted molar refractivity (Wildman–Crippen MR) is 69.6 cm³/mol. The minimum Gasteiger partial charge on any atom is -0.477 e. The van der Waals surface area contributed by atoms with Gasteiger partial charge in [-0.3, -0.25) is 0 Å². The molecular weight excluding hydrogens is 248 g/mol. The van der Waals surface area contributed by atoms with Gasteiger partial charge in [0.25, 0.3) is 0 Å². The molecule has 0 amide bonds. The Morgan fingerprint density at radius 2 is 2.21 bits per heavy atom. The number of para-hydroxylation sites is 1. The molecule has 1 atom stereocenters. The van der Waals surface area contributed by atoms with Gasteiger partial charge in [0, 0.05) is 18.9 Å². The number of benzene rings is 1. The number of hydrogen-bond donors (Lipinski definition) is 1. The van der Waals surface area contributed by atoms with Crippen LogP contribution in [0.3, 0.4) is 0 Å². The van der Waals surface area contributed by atoms with Crippen molar-refractivity contribution < 1.29 is 19.1 Å². The zero-order chi connectivity index (χ0) is 14.0. The molecule has 1 aromatic heterocycles. The van der Waals surface area contributed by atoms with Crippen LogP contribution in [-0.4, -0.2) is 24.3 Å². The summed E-state index contributed by atoms with van der Waals surface area (Å²) < 4.78 is 10.3. The van der Waals surface area contributed by atoms with Crippen molar-refractivity contribution >= 4 is 16.9 Å². The number of fused-ring (bicyclic) bond motifs is 1. The minimum atomic E-state index is -1.29. The molecule has 2 aromatic rings. The molecule has 0 bridgehead atoms. The molecule has 5 heteroatoms. The molecule has 0 fully saturated rings. The summed E-state index contributed by atoms with van der Waals surface area (Å²) in [5.74, 6) is -1.29. The van der Waals surface area contributed by atoms with Crippen molar-refractivity contribution in [1.29, 1.82) is 0 Å². The van der Waals surface area contributed by atoms with E-state index < -0.39 is 11.6 Å². The number of ether oxygens (including phenoxy) is 1. The average molecular weight is 262 g/mol. The zero-order valence-corrected chi connectivity index (χ0v) is 10.7. The fraction of sp³-hybridized carbons (Fsp3) is 0.286. The Kier molecular flexibility index (Phi) is 3.66. The first-order chi connectivity index (χ1) is 9.02. The SMILES string of the molecule is COC(C)Cc1cccc2cc(C(=O)O)c(=O)oc12. The first-order valence-corrected chi connectivity index (χ1v) is 5.84. The van der Waals surface area contributed by atoms with E-state index in [1.807, 2.05) is 13.0 Å². The van der Waals surface area contributed by atoms with Crippen molar-refractivity contribution in [2.45, 2.75) is 19.4 Å². The third kappa shape index (κ3) is 2.66. The average Bonchev–Trinajstić information content (AvgIpc) is 2.38. The van der Waals surface area contributed by atoms with Crippen LogP contribution in [0.25, 0.3) is 11.0 Å². The Balaban J connectivity index is 2.60. The molecule has 2 rings (SSSR count). The third-order valence-corrected chi connectivity index (χ3v) is 2.98. The summed E-state index contributed by atoms with van der Waals surface area (Å²) in [7, 11) is 1.61. The Hall–Kier alpha value is -2.14. The maximum Gasteiger partial charge on any atom is 0.351 e. The molecule has 0 spiro atoms. The minimum absolute atomic E-state index is 0.0185. The standard InChI is InChI=1S/C14H14O5/c1-8(18-2)6-9-4-3-5-10-7-11(13(15)16)14(17)19-12(9)10/h3-5,7-8H,6H2,1-2H3,(H,15,16). The molecule has 0 saturated carbocycles. The number of carboxylic acids is 1. The van der Waals surface area contributed by atoms with Gasteiger partial charge in [-0.05, 0) is 18.6 Å². The van der Waals surface area contributed by atoms with Gasteiger partial charge in [0.1, 0.15) is 11.1 Å². The van der Waals surface area contributed by atoms with Crippen molar-refractivity contribution in [2.75, 3.05) is 7.11 Å². The summed E-state index contributed by atoms with van der Waals surface area (Å²) in [6.45, 7) is 1.91. The lowest BCUT2D eigenvalue weighted by atomic mass is 10.0. The molecule has 5 nitrogen and oxygen atoms in total. The molecule has 0 aliphatic carbocycles. The van der Waals surface area contributed by atoms with E-state index in [0.29, 0.717) is 17.4 Å². The molecule has 1 aromatic carbocycles. The Morgan fingerprint density at radius 1 is 1.47 bits per heavy atom. The van der Waals surface area contributed by atoms with Crippen molar-refractivity contribution in [3.8, 4) is 0 Å². The van der Waals surface area contributed by atoms with Gasteiger partial charge in [-0.25, -0.2) is 9.59 Å². The molecule has 19 heavy (non-hydrogen) atoms. The first kappa shape index (κ1) is 13.3. The molecule has 0 aliphatic rings. The lowest BCUT2D eigenvalue weighted by molar-refractivity contribution is 0.0692. The van der Waals surface area contributed by atoms with Crippen LogP contribution in [0.1, 0.15) is 22.8 Å². The normalized spacial score (nSPS) is 12.5. The van der Waals surface area contributed by atoms with Gasteiger partial charge in [-0.15, -0.1) is 0 Å². The second kappa shape index (κ2) is 5.24. The van der Waals surface area contributed by atoms with Crippen molar-refractivity contribution in [3.05, 3.63) is 45.8 Å². The van der Waals surface area contributed by atoms with Gasteiger partial charge >= 0.3 is 11.6 Å². The van der Waals surface area contributed by atoms with Crippen LogP contribution in [0.2, 0.25) is 0 Å². The number of aromatic carboxylic acids is 1. The Labute approximate surface area is 109 Å². The van der Waals surface area contributed by atoms with Crippen LogP contribution < -0.4 is 5.63 Å². The van der Waals surface area contributed by atoms with Gasteiger partial charge in [-0.1, -0.05) is 18.2 Å². The summed E-state index contributed by atoms with van der Waals surface area (Å²) in [5.41, 5.74) is 0.0456. The molecule has 1 N–H and O–H groups in total. The fourth-order valence-electron chi connectivity index (χ4n) is 1.91. The number of methoxy groups -OCH3 is 1.